The van der Waals surface area contributed by atoms with Gasteiger partial charge in [-0.1, -0.05) is 6.92 Å². The van der Waals surface area contributed by atoms with E-state index in [0.29, 0.717) is 61.6 Å². The number of pyridine rings is 1. The van der Waals surface area contributed by atoms with Gasteiger partial charge in [-0.15, -0.1) is 0 Å². The number of nitrogens with zero attached hydrogens (tertiary/aromatic N) is 6. The molecule has 2 aromatic heterocycles. The highest BCUT2D eigenvalue weighted by atomic mass is 16.5. The van der Waals surface area contributed by atoms with E-state index in [9.17, 15) is 9.59 Å². The predicted octanol–water partition coefficient (Wildman–Crippen LogP) is 2.69. The molecule has 1 aromatic carbocycles. The average molecular weight is 594 g/mol. The van der Waals surface area contributed by atoms with Crippen molar-refractivity contribution in [3.63, 3.8) is 0 Å². The lowest BCUT2D eigenvalue weighted by molar-refractivity contribution is -0.121. The number of rotatable bonds is 5. The first-order valence-corrected chi connectivity index (χ1v) is 15.0. The highest BCUT2D eigenvalue weighted by molar-refractivity contribution is 5.93. The van der Waals surface area contributed by atoms with Crippen LogP contribution in [0.5, 0.6) is 17.2 Å². The Morgan fingerprint density at radius 3 is 2.58 bits per heavy atom. The zero-order valence-electron chi connectivity index (χ0n) is 25.9. The Labute approximate surface area is 252 Å². The average Bonchev–Trinajstić information content (AvgIpc) is 3.47. The number of carbonyl (C=O) groups excluding carboxylic acids is 2. The second-order valence-electron chi connectivity index (χ2n) is 11.3. The van der Waals surface area contributed by atoms with Gasteiger partial charge in [0.15, 0.2) is 11.5 Å². The lowest BCUT2D eigenvalue weighted by atomic mass is 9.97. The molecule has 1 unspecified atom stereocenters. The van der Waals surface area contributed by atoms with Crippen molar-refractivity contribution < 1.29 is 23.8 Å². The molecule has 43 heavy (non-hydrogen) atoms. The van der Waals surface area contributed by atoms with Crippen LogP contribution in [0.25, 0.3) is 10.9 Å². The molecule has 4 heterocycles. The number of methoxy groups -OCH3 is 3. The molecule has 3 aromatic rings. The van der Waals surface area contributed by atoms with Crippen molar-refractivity contribution in [1.82, 2.24) is 29.7 Å². The largest absolute Gasteiger partial charge is 0.493 e. The van der Waals surface area contributed by atoms with Crippen LogP contribution in [0.1, 0.15) is 42.2 Å². The van der Waals surface area contributed by atoms with E-state index in [1.54, 1.807) is 43.3 Å². The lowest BCUT2D eigenvalue weighted by Crippen LogP contribution is -2.42. The van der Waals surface area contributed by atoms with E-state index in [1.807, 2.05) is 13.1 Å². The number of hydrogen-bond donors (Lipinski definition) is 1. The van der Waals surface area contributed by atoms with Crippen LogP contribution in [0, 0.1) is 5.92 Å². The predicted molar refractivity (Wildman–Crippen MR) is 164 cm³/mol. The SMILES string of the molecule is CCN1CCN(C(=O)c2cn(C)cn2)CCC(=O)NCC2CCCN(C2)c2nc3cc(OC)c(OC)c(OC)c3cc2C1. The fourth-order valence-electron chi connectivity index (χ4n) is 6.07. The van der Waals surface area contributed by atoms with Crippen LogP contribution in [-0.4, -0.2) is 103 Å². The van der Waals surface area contributed by atoms with Crippen molar-refractivity contribution in [1.29, 1.82) is 0 Å². The highest BCUT2D eigenvalue weighted by Gasteiger charge is 2.27. The number of ether oxygens (including phenoxy) is 3. The van der Waals surface area contributed by atoms with Crippen molar-refractivity contribution in [2.24, 2.45) is 13.0 Å². The van der Waals surface area contributed by atoms with Gasteiger partial charge in [0.2, 0.25) is 11.7 Å². The molecule has 1 fully saturated rings. The monoisotopic (exact) mass is 593 g/mol. The molecular formula is C31H43N7O5. The third kappa shape index (κ3) is 6.64. The summed E-state index contributed by atoms with van der Waals surface area (Å²) in [5.41, 5.74) is 2.21. The molecule has 2 aliphatic rings. The molecule has 1 atom stereocenters. The maximum atomic E-state index is 13.4. The number of amides is 2. The molecule has 5 rings (SSSR count). The first kappa shape index (κ1) is 30.4. The number of anilines is 1. The number of hydrogen-bond acceptors (Lipinski definition) is 9. The Morgan fingerprint density at radius 2 is 1.88 bits per heavy atom. The van der Waals surface area contributed by atoms with Gasteiger partial charge in [0.25, 0.3) is 5.91 Å². The molecule has 0 spiro atoms. The van der Waals surface area contributed by atoms with E-state index < -0.39 is 0 Å². The number of fused-ring (bicyclic) bond motifs is 5. The van der Waals surface area contributed by atoms with Gasteiger partial charge in [-0.2, -0.15) is 0 Å². The van der Waals surface area contributed by atoms with Gasteiger partial charge in [0.1, 0.15) is 11.5 Å². The number of carbonyl (C=O) groups is 2. The van der Waals surface area contributed by atoms with Gasteiger partial charge in [0, 0.05) is 82.5 Å². The molecule has 0 saturated carbocycles. The van der Waals surface area contributed by atoms with E-state index >= 15 is 0 Å². The summed E-state index contributed by atoms with van der Waals surface area (Å²) in [5, 5.41) is 3.97. The summed E-state index contributed by atoms with van der Waals surface area (Å²) in [5.74, 6) is 2.67. The summed E-state index contributed by atoms with van der Waals surface area (Å²) < 4.78 is 18.9. The van der Waals surface area contributed by atoms with Gasteiger partial charge in [-0.3, -0.25) is 14.5 Å². The van der Waals surface area contributed by atoms with E-state index in [1.165, 1.54) is 0 Å². The number of benzene rings is 1. The summed E-state index contributed by atoms with van der Waals surface area (Å²) in [6.07, 6.45) is 5.63. The quantitative estimate of drug-likeness (QED) is 0.477. The Bertz CT molecular complexity index is 1460. The zero-order chi connectivity index (χ0) is 30.5. The third-order valence-corrected chi connectivity index (χ3v) is 8.43. The lowest BCUT2D eigenvalue weighted by Gasteiger charge is -2.35. The van der Waals surface area contributed by atoms with Crippen molar-refractivity contribution in [2.45, 2.75) is 32.7 Å². The minimum Gasteiger partial charge on any atom is -0.493 e. The second kappa shape index (κ2) is 13.5. The first-order chi connectivity index (χ1) is 20.8. The van der Waals surface area contributed by atoms with Crippen LogP contribution in [0.3, 0.4) is 0 Å². The Kier molecular flexibility index (Phi) is 9.54. The molecule has 2 bridgehead atoms. The van der Waals surface area contributed by atoms with Crippen LogP contribution < -0.4 is 24.4 Å². The molecular weight excluding hydrogens is 550 g/mol. The van der Waals surface area contributed by atoms with Crippen molar-refractivity contribution in [3.05, 3.63) is 35.9 Å². The number of imidazole rings is 1. The Hall–Kier alpha value is -4.06. The van der Waals surface area contributed by atoms with E-state index in [0.717, 1.165) is 54.8 Å². The normalized spacial score (nSPS) is 18.8. The summed E-state index contributed by atoms with van der Waals surface area (Å²) in [4.78, 5) is 42.2. The van der Waals surface area contributed by atoms with Crippen LogP contribution >= 0.6 is 0 Å². The minimum atomic E-state index is -0.172. The number of aryl methyl sites for hydroxylation is 1. The fourth-order valence-corrected chi connectivity index (χ4v) is 6.07. The number of nitrogens with one attached hydrogen (secondary N) is 1. The number of likely N-dealkylation sites (N-methyl/N-ethyl adjacent to an activating group) is 1. The van der Waals surface area contributed by atoms with Gasteiger partial charge < -0.3 is 33.9 Å². The Morgan fingerprint density at radius 1 is 1.07 bits per heavy atom. The summed E-state index contributed by atoms with van der Waals surface area (Å²) in [6, 6.07) is 4.05. The smallest absolute Gasteiger partial charge is 0.274 e. The summed E-state index contributed by atoms with van der Waals surface area (Å²) in [6.45, 7) is 7.22. The van der Waals surface area contributed by atoms with Crippen LogP contribution in [0.15, 0.2) is 24.7 Å². The van der Waals surface area contributed by atoms with E-state index in [-0.39, 0.29) is 18.2 Å². The van der Waals surface area contributed by atoms with Gasteiger partial charge in [-0.05, 0) is 31.4 Å². The van der Waals surface area contributed by atoms with Crippen LogP contribution in [0.4, 0.5) is 5.82 Å². The molecule has 1 N–H and O–H groups in total. The molecule has 2 amide bonds. The highest BCUT2D eigenvalue weighted by Crippen LogP contribution is 2.44. The molecule has 232 valence electrons. The standard InChI is InChI=1S/C31H43N7O5/c1-6-36-12-13-37(31(40)25-19-35(2)20-33-25)11-9-27(39)32-16-21-8-7-10-38(17-21)30-22(18-36)14-23-24(34-30)15-26(41-3)29(43-5)28(23)42-4/h14-15,19-21H,6-13,16-18H2,1-5H3,(H,32,39). The number of aromatic nitrogens is 3. The molecule has 1 saturated heterocycles. The maximum Gasteiger partial charge on any atom is 0.274 e. The zero-order valence-corrected chi connectivity index (χ0v) is 25.9. The van der Waals surface area contributed by atoms with Gasteiger partial charge in [-0.25, -0.2) is 9.97 Å². The van der Waals surface area contributed by atoms with Gasteiger partial charge in [0.05, 0.1) is 33.2 Å². The number of piperidine rings is 1. The van der Waals surface area contributed by atoms with Crippen molar-refractivity contribution in [3.8, 4) is 17.2 Å². The van der Waals surface area contributed by atoms with E-state index in [2.05, 4.69) is 33.1 Å². The first-order valence-electron chi connectivity index (χ1n) is 15.0. The van der Waals surface area contributed by atoms with Crippen LogP contribution in [-0.2, 0) is 18.4 Å². The van der Waals surface area contributed by atoms with Crippen molar-refractivity contribution >= 4 is 28.5 Å². The minimum absolute atomic E-state index is 0.0455. The summed E-state index contributed by atoms with van der Waals surface area (Å²) in [7, 11) is 6.67. The molecule has 12 heteroatoms. The molecule has 0 radical (unpaired) electrons. The Balaban J connectivity index is 1.55. The maximum absolute atomic E-state index is 13.4. The van der Waals surface area contributed by atoms with Crippen LogP contribution in [0.2, 0.25) is 0 Å². The van der Waals surface area contributed by atoms with Crippen molar-refractivity contribution in [2.75, 3.05) is 72.0 Å². The molecule has 12 nitrogen and oxygen atoms in total. The molecule has 2 aliphatic heterocycles. The van der Waals surface area contributed by atoms with Gasteiger partial charge >= 0.3 is 0 Å². The second-order valence-corrected chi connectivity index (χ2v) is 11.3. The topological polar surface area (TPSA) is 114 Å². The van der Waals surface area contributed by atoms with E-state index in [4.69, 9.17) is 19.2 Å². The third-order valence-electron chi connectivity index (χ3n) is 8.43. The molecule has 0 aliphatic carbocycles. The summed E-state index contributed by atoms with van der Waals surface area (Å²) >= 11 is 0. The fraction of sp³-hybridized carbons (Fsp3) is 0.548.